The lowest BCUT2D eigenvalue weighted by atomic mass is 10.2. The molecule has 9 nitrogen and oxygen atoms in total. The third-order valence-electron chi connectivity index (χ3n) is 4.44. The van der Waals surface area contributed by atoms with E-state index in [1.807, 2.05) is 6.07 Å². The second-order valence-electron chi connectivity index (χ2n) is 7.05. The van der Waals surface area contributed by atoms with Crippen LogP contribution in [0.4, 0.5) is 10.5 Å². The highest BCUT2D eigenvalue weighted by Gasteiger charge is 2.09. The highest BCUT2D eigenvalue weighted by atomic mass is 16.5. The van der Waals surface area contributed by atoms with Crippen molar-refractivity contribution in [2.75, 3.05) is 19.5 Å². The number of ether oxygens (including phenoxy) is 2. The minimum atomic E-state index is -0.642. The maximum atomic E-state index is 11.5. The summed E-state index contributed by atoms with van der Waals surface area (Å²) in [6, 6.07) is 20.0. The van der Waals surface area contributed by atoms with Gasteiger partial charge in [0, 0.05) is 17.8 Å². The minimum Gasteiger partial charge on any atom is -0.497 e. The van der Waals surface area contributed by atoms with Crippen LogP contribution in [-0.2, 0) is 0 Å². The molecule has 1 aromatic heterocycles. The first-order chi connectivity index (χ1) is 16.4. The second-order valence-corrected chi connectivity index (χ2v) is 7.05. The molecule has 0 aliphatic rings. The maximum absolute atomic E-state index is 11.5. The molecule has 0 bridgehead atoms. The van der Waals surface area contributed by atoms with Crippen LogP contribution in [0, 0.1) is 13.8 Å². The van der Waals surface area contributed by atoms with Gasteiger partial charge in [-0.15, -0.1) is 0 Å². The molecular weight excluding hydrogens is 436 g/mol. The molecule has 0 saturated carbocycles. The molecule has 3 aromatic carbocycles. The van der Waals surface area contributed by atoms with Gasteiger partial charge in [-0.05, 0) is 26.0 Å². The number of hydrogen-bond donors (Lipinski definition) is 4. The van der Waals surface area contributed by atoms with Gasteiger partial charge in [-0.2, -0.15) is 0 Å². The van der Waals surface area contributed by atoms with Gasteiger partial charge in [0.15, 0.2) is 0 Å². The maximum Gasteiger partial charge on any atom is 0.342 e. The number of carbonyl (C=O) groups is 1. The standard InChI is InChI=1S/C10H10N2O3.C8H10.C7H8N2O2/c1-14-6-3-7-9(8(4-6)15-2)10(13)12-5-11-7;1-7-4-3-5-8(2)6-7;10-7(9-11)8-6-4-2-1-3-5-6/h3-5H,1-2H3,(H,11,12,13);3-6H,1-2H3;1-5,11H,(H2,8,9,10). The molecule has 178 valence electrons. The number of hydroxylamine groups is 1. The van der Waals surface area contributed by atoms with Crippen molar-refractivity contribution in [3.8, 4) is 11.5 Å². The third-order valence-corrected chi connectivity index (χ3v) is 4.44. The number of nitrogens with zero attached hydrogens (tertiary/aromatic N) is 1. The highest BCUT2D eigenvalue weighted by Crippen LogP contribution is 2.26. The average molecular weight is 465 g/mol. The lowest BCUT2D eigenvalue weighted by Gasteiger charge is -2.06. The molecule has 0 aliphatic carbocycles. The van der Waals surface area contributed by atoms with Crippen LogP contribution < -0.4 is 25.8 Å². The van der Waals surface area contributed by atoms with Gasteiger partial charge < -0.3 is 19.8 Å². The summed E-state index contributed by atoms with van der Waals surface area (Å²) < 4.78 is 10.2. The van der Waals surface area contributed by atoms with E-state index in [2.05, 4.69) is 53.4 Å². The van der Waals surface area contributed by atoms with Gasteiger partial charge in [-0.3, -0.25) is 10.0 Å². The Morgan fingerprint density at radius 3 is 2.15 bits per heavy atom. The Bertz CT molecular complexity index is 1240. The van der Waals surface area contributed by atoms with Crippen LogP contribution >= 0.6 is 0 Å². The number of rotatable bonds is 3. The summed E-state index contributed by atoms with van der Waals surface area (Å²) in [5.41, 5.74) is 5.11. The number of aryl methyl sites for hydroxylation is 2. The number of benzene rings is 3. The van der Waals surface area contributed by atoms with Crippen molar-refractivity contribution in [1.29, 1.82) is 0 Å². The summed E-state index contributed by atoms with van der Waals surface area (Å²) in [5, 5.41) is 11.0. The molecule has 1 heterocycles. The molecule has 0 aliphatic heterocycles. The Morgan fingerprint density at radius 1 is 0.941 bits per heavy atom. The van der Waals surface area contributed by atoms with E-state index in [1.54, 1.807) is 43.5 Å². The van der Waals surface area contributed by atoms with Gasteiger partial charge in [-0.1, -0.05) is 53.6 Å². The number of H-pyrrole nitrogens is 1. The summed E-state index contributed by atoms with van der Waals surface area (Å²) in [4.78, 5) is 28.6. The van der Waals surface area contributed by atoms with Crippen molar-refractivity contribution in [3.63, 3.8) is 0 Å². The molecule has 4 rings (SSSR count). The number of methoxy groups -OCH3 is 2. The number of fused-ring (bicyclic) bond motifs is 1. The molecule has 0 fully saturated rings. The first kappa shape index (κ1) is 25.9. The summed E-state index contributed by atoms with van der Waals surface area (Å²) in [7, 11) is 3.05. The summed E-state index contributed by atoms with van der Waals surface area (Å²) in [6.07, 6.45) is 1.35. The van der Waals surface area contributed by atoms with E-state index >= 15 is 0 Å². The van der Waals surface area contributed by atoms with Gasteiger partial charge in [0.05, 0.1) is 26.1 Å². The van der Waals surface area contributed by atoms with Crippen molar-refractivity contribution in [2.24, 2.45) is 0 Å². The fraction of sp³-hybridized carbons (Fsp3) is 0.160. The molecule has 9 heteroatoms. The van der Waals surface area contributed by atoms with Crippen molar-refractivity contribution < 1.29 is 19.5 Å². The van der Waals surface area contributed by atoms with E-state index in [0.717, 1.165) is 0 Å². The van der Waals surface area contributed by atoms with Gasteiger partial charge >= 0.3 is 6.03 Å². The van der Waals surface area contributed by atoms with Gasteiger partial charge in [-0.25, -0.2) is 15.3 Å². The van der Waals surface area contributed by atoms with Crippen LogP contribution in [0.1, 0.15) is 11.1 Å². The number of amides is 2. The zero-order valence-corrected chi connectivity index (χ0v) is 19.5. The number of aromatic nitrogens is 2. The van der Waals surface area contributed by atoms with E-state index in [1.165, 1.54) is 30.0 Å². The first-order valence-corrected chi connectivity index (χ1v) is 10.3. The Balaban J connectivity index is 0.000000190. The second kappa shape index (κ2) is 13.2. The predicted octanol–water partition coefficient (Wildman–Crippen LogP) is 4.44. The molecular formula is C25H28N4O5. The van der Waals surface area contributed by atoms with E-state index in [-0.39, 0.29) is 5.56 Å². The summed E-state index contributed by atoms with van der Waals surface area (Å²) in [6.45, 7) is 4.21. The quantitative estimate of drug-likeness (QED) is 0.262. The lowest BCUT2D eigenvalue weighted by Crippen LogP contribution is -2.24. The Hall–Kier alpha value is -4.37. The molecule has 4 N–H and O–H groups in total. The number of aromatic amines is 1. The van der Waals surface area contributed by atoms with Gasteiger partial charge in [0.25, 0.3) is 5.56 Å². The van der Waals surface area contributed by atoms with E-state index in [4.69, 9.17) is 14.7 Å². The summed E-state index contributed by atoms with van der Waals surface area (Å²) >= 11 is 0. The molecule has 0 saturated heterocycles. The molecule has 0 radical (unpaired) electrons. The number of para-hydroxylation sites is 1. The fourth-order valence-corrected chi connectivity index (χ4v) is 2.91. The molecule has 4 aromatic rings. The fourth-order valence-electron chi connectivity index (χ4n) is 2.91. The number of hydrogen-bond acceptors (Lipinski definition) is 6. The van der Waals surface area contributed by atoms with E-state index < -0.39 is 6.03 Å². The highest BCUT2D eigenvalue weighted by molar-refractivity contribution is 5.88. The van der Waals surface area contributed by atoms with Crippen molar-refractivity contribution in [1.82, 2.24) is 15.4 Å². The van der Waals surface area contributed by atoms with Crippen molar-refractivity contribution >= 4 is 22.6 Å². The van der Waals surface area contributed by atoms with E-state index in [0.29, 0.717) is 28.1 Å². The first-order valence-electron chi connectivity index (χ1n) is 10.3. The zero-order chi connectivity index (χ0) is 24.9. The van der Waals surface area contributed by atoms with Crippen molar-refractivity contribution in [3.05, 3.63) is 94.5 Å². The van der Waals surface area contributed by atoms with Crippen LogP contribution in [0.3, 0.4) is 0 Å². The number of nitrogens with one attached hydrogen (secondary N) is 3. The van der Waals surface area contributed by atoms with Gasteiger partial charge in [0.2, 0.25) is 0 Å². The largest absolute Gasteiger partial charge is 0.497 e. The third kappa shape index (κ3) is 7.95. The van der Waals surface area contributed by atoms with Crippen LogP contribution in [0.15, 0.2) is 77.9 Å². The van der Waals surface area contributed by atoms with Gasteiger partial charge in [0.1, 0.15) is 16.9 Å². The zero-order valence-electron chi connectivity index (χ0n) is 19.5. The number of urea groups is 1. The van der Waals surface area contributed by atoms with E-state index in [9.17, 15) is 9.59 Å². The SMILES string of the molecule is COc1cc(OC)c2c(=O)[nH]cnc2c1.Cc1cccc(C)c1.O=C(NO)Nc1ccccc1. The van der Waals surface area contributed by atoms with Crippen LogP contribution in [0.5, 0.6) is 11.5 Å². The number of carbonyl (C=O) groups excluding carboxylic acids is 1. The van der Waals surface area contributed by atoms with Crippen LogP contribution in [0.2, 0.25) is 0 Å². The predicted molar refractivity (Wildman–Crippen MR) is 132 cm³/mol. The molecule has 0 unspecified atom stereocenters. The molecule has 34 heavy (non-hydrogen) atoms. The van der Waals surface area contributed by atoms with Crippen LogP contribution in [0.25, 0.3) is 10.9 Å². The Kier molecular flexibility index (Phi) is 10.1. The molecule has 0 spiro atoms. The molecule has 2 amide bonds. The Labute approximate surface area is 197 Å². The lowest BCUT2D eigenvalue weighted by molar-refractivity contribution is 0.172. The Morgan fingerprint density at radius 2 is 1.62 bits per heavy atom. The number of anilines is 1. The minimum absolute atomic E-state index is 0.223. The van der Waals surface area contributed by atoms with Crippen LogP contribution in [-0.4, -0.2) is 35.4 Å². The monoisotopic (exact) mass is 464 g/mol. The van der Waals surface area contributed by atoms with Crippen molar-refractivity contribution in [2.45, 2.75) is 13.8 Å². The normalized spacial score (nSPS) is 9.56. The smallest absolute Gasteiger partial charge is 0.342 e. The summed E-state index contributed by atoms with van der Waals surface area (Å²) in [5.74, 6) is 1.07. The molecule has 0 atom stereocenters. The topological polar surface area (TPSA) is 126 Å². The average Bonchev–Trinajstić information content (AvgIpc) is 2.84.